The van der Waals surface area contributed by atoms with Gasteiger partial charge in [0.1, 0.15) is 5.75 Å². The molecule has 1 aromatic carbocycles. The number of carboxylic acids is 1. The number of aliphatic carboxylic acids is 1. The van der Waals surface area contributed by atoms with Crippen molar-refractivity contribution in [1.82, 2.24) is 4.90 Å². The number of aromatic hydroxyl groups is 1. The van der Waals surface area contributed by atoms with Crippen LogP contribution < -0.4 is 0 Å². The number of carboxylic acid groups (broad SMARTS) is 1. The Kier molecular flexibility index (Phi) is 3.70. The van der Waals surface area contributed by atoms with Gasteiger partial charge in [0.05, 0.1) is 5.41 Å². The Morgan fingerprint density at radius 1 is 1.25 bits per heavy atom. The maximum absolute atomic E-state index is 12.3. The zero-order chi connectivity index (χ0) is 14.9. The van der Waals surface area contributed by atoms with E-state index in [9.17, 15) is 19.8 Å². The molecule has 5 nitrogen and oxygen atoms in total. The molecule has 1 amide bonds. The second-order valence-corrected chi connectivity index (χ2v) is 5.64. The summed E-state index contributed by atoms with van der Waals surface area (Å²) < 4.78 is 0. The summed E-state index contributed by atoms with van der Waals surface area (Å²) >= 11 is 0. The molecule has 2 rings (SSSR count). The fraction of sp³-hybridized carbons (Fsp3) is 0.467. The normalized spacial score (nSPS) is 22.2. The quantitative estimate of drug-likeness (QED) is 0.885. The lowest BCUT2D eigenvalue weighted by Crippen LogP contribution is -2.40. The Labute approximate surface area is 117 Å². The van der Waals surface area contributed by atoms with Gasteiger partial charge in [0, 0.05) is 18.7 Å². The smallest absolute Gasteiger partial charge is 0.311 e. The van der Waals surface area contributed by atoms with Gasteiger partial charge in [-0.05, 0) is 36.6 Å². The van der Waals surface area contributed by atoms with Gasteiger partial charge in [-0.1, -0.05) is 13.8 Å². The summed E-state index contributed by atoms with van der Waals surface area (Å²) in [6, 6.07) is 6.01. The molecular formula is C15H19NO4. The zero-order valence-corrected chi connectivity index (χ0v) is 11.7. The van der Waals surface area contributed by atoms with E-state index in [4.69, 9.17) is 0 Å². The number of carbonyl (C=O) groups excluding carboxylic acids is 1. The van der Waals surface area contributed by atoms with E-state index in [-0.39, 0.29) is 24.1 Å². The predicted octanol–water partition coefficient (Wildman–Crippen LogP) is 1.97. The van der Waals surface area contributed by atoms with Crippen molar-refractivity contribution in [3.8, 4) is 5.75 Å². The number of nitrogens with zero attached hydrogens (tertiary/aromatic N) is 1. The van der Waals surface area contributed by atoms with Crippen LogP contribution in [0.25, 0.3) is 0 Å². The van der Waals surface area contributed by atoms with Crippen molar-refractivity contribution in [2.75, 3.05) is 13.1 Å². The summed E-state index contributed by atoms with van der Waals surface area (Å²) in [6.45, 7) is 4.44. The van der Waals surface area contributed by atoms with Gasteiger partial charge in [0.15, 0.2) is 0 Å². The van der Waals surface area contributed by atoms with Crippen LogP contribution in [0.2, 0.25) is 0 Å². The summed E-state index contributed by atoms with van der Waals surface area (Å²) in [6.07, 6.45) is 0.476. The topological polar surface area (TPSA) is 77.8 Å². The molecule has 5 heteroatoms. The lowest BCUT2D eigenvalue weighted by Gasteiger charge is -2.28. The minimum Gasteiger partial charge on any atom is -0.508 e. The third-order valence-corrected chi connectivity index (χ3v) is 4.23. The van der Waals surface area contributed by atoms with Crippen LogP contribution >= 0.6 is 0 Å². The molecule has 0 saturated carbocycles. The average molecular weight is 277 g/mol. The van der Waals surface area contributed by atoms with E-state index < -0.39 is 11.4 Å². The highest BCUT2D eigenvalue weighted by Crippen LogP contribution is 2.38. The first kappa shape index (κ1) is 14.4. The minimum atomic E-state index is -0.855. The molecule has 1 aromatic rings. The fourth-order valence-corrected chi connectivity index (χ4v) is 2.69. The van der Waals surface area contributed by atoms with Gasteiger partial charge in [-0.15, -0.1) is 0 Å². The molecular weight excluding hydrogens is 258 g/mol. The van der Waals surface area contributed by atoms with Gasteiger partial charge < -0.3 is 15.1 Å². The molecule has 0 bridgehead atoms. The monoisotopic (exact) mass is 277 g/mol. The van der Waals surface area contributed by atoms with E-state index in [1.165, 1.54) is 12.1 Å². The molecule has 0 radical (unpaired) electrons. The number of hydrogen-bond acceptors (Lipinski definition) is 3. The van der Waals surface area contributed by atoms with Crippen molar-refractivity contribution < 1.29 is 19.8 Å². The first-order valence-corrected chi connectivity index (χ1v) is 6.68. The Bertz CT molecular complexity index is 523. The molecule has 1 heterocycles. The van der Waals surface area contributed by atoms with Crippen molar-refractivity contribution in [2.24, 2.45) is 11.3 Å². The minimum absolute atomic E-state index is 0.0300. The number of phenolic OH excluding ortho intramolecular Hbond substituents is 1. The lowest BCUT2D eigenvalue weighted by molar-refractivity contribution is -0.150. The molecule has 0 spiro atoms. The van der Waals surface area contributed by atoms with E-state index >= 15 is 0 Å². The van der Waals surface area contributed by atoms with Gasteiger partial charge in [-0.25, -0.2) is 0 Å². The predicted molar refractivity (Wildman–Crippen MR) is 73.5 cm³/mol. The molecule has 1 unspecified atom stereocenters. The Balaban J connectivity index is 2.18. The van der Waals surface area contributed by atoms with Crippen LogP contribution in [-0.4, -0.2) is 40.1 Å². The number of hydrogen-bond donors (Lipinski definition) is 2. The second-order valence-electron chi connectivity index (χ2n) is 5.64. The third-order valence-electron chi connectivity index (χ3n) is 4.23. The van der Waals surface area contributed by atoms with Gasteiger partial charge in [0.2, 0.25) is 0 Å². The van der Waals surface area contributed by atoms with Crippen LogP contribution in [-0.2, 0) is 4.79 Å². The number of likely N-dealkylation sites (tertiary alicyclic amines) is 1. The molecule has 1 fully saturated rings. The third kappa shape index (κ3) is 2.35. The highest BCUT2D eigenvalue weighted by atomic mass is 16.4. The van der Waals surface area contributed by atoms with Crippen LogP contribution in [0.15, 0.2) is 24.3 Å². The molecule has 1 aliphatic heterocycles. The summed E-state index contributed by atoms with van der Waals surface area (Å²) in [4.78, 5) is 25.5. The van der Waals surface area contributed by atoms with Crippen LogP contribution in [0.4, 0.5) is 0 Å². The summed E-state index contributed by atoms with van der Waals surface area (Å²) in [5, 5.41) is 18.7. The number of benzene rings is 1. The van der Waals surface area contributed by atoms with E-state index in [1.807, 2.05) is 13.8 Å². The van der Waals surface area contributed by atoms with Crippen LogP contribution in [0, 0.1) is 11.3 Å². The maximum atomic E-state index is 12.3. The van der Waals surface area contributed by atoms with Crippen LogP contribution in [0.3, 0.4) is 0 Å². The molecule has 20 heavy (non-hydrogen) atoms. The van der Waals surface area contributed by atoms with Crippen LogP contribution in [0.5, 0.6) is 5.75 Å². The van der Waals surface area contributed by atoms with Crippen molar-refractivity contribution in [3.05, 3.63) is 29.8 Å². The van der Waals surface area contributed by atoms with Crippen molar-refractivity contribution in [2.45, 2.75) is 20.3 Å². The standard InChI is InChI=1S/C15H19NO4/c1-10(2)15(14(19)20)7-8-16(9-15)13(18)11-3-5-12(17)6-4-11/h3-6,10,17H,7-9H2,1-2H3,(H,19,20). The SMILES string of the molecule is CC(C)C1(C(=O)O)CCN(C(=O)c2ccc(O)cc2)C1. The average Bonchev–Trinajstić information content (AvgIpc) is 2.85. The van der Waals surface area contributed by atoms with Gasteiger partial charge >= 0.3 is 5.97 Å². The van der Waals surface area contributed by atoms with Gasteiger partial charge in [0.25, 0.3) is 5.91 Å². The van der Waals surface area contributed by atoms with Crippen molar-refractivity contribution in [3.63, 3.8) is 0 Å². The number of carbonyl (C=O) groups is 2. The zero-order valence-electron chi connectivity index (χ0n) is 11.7. The van der Waals surface area contributed by atoms with Crippen molar-refractivity contribution >= 4 is 11.9 Å². The molecule has 0 aromatic heterocycles. The summed E-state index contributed by atoms with van der Waals surface area (Å²) in [7, 11) is 0. The second kappa shape index (κ2) is 5.15. The molecule has 0 aliphatic carbocycles. The highest BCUT2D eigenvalue weighted by molar-refractivity contribution is 5.95. The molecule has 1 saturated heterocycles. The van der Waals surface area contributed by atoms with E-state index in [0.29, 0.717) is 18.5 Å². The number of phenols is 1. The highest BCUT2D eigenvalue weighted by Gasteiger charge is 2.48. The first-order valence-electron chi connectivity index (χ1n) is 6.68. The largest absolute Gasteiger partial charge is 0.508 e. The molecule has 108 valence electrons. The Morgan fingerprint density at radius 2 is 1.85 bits per heavy atom. The van der Waals surface area contributed by atoms with Crippen LogP contribution in [0.1, 0.15) is 30.6 Å². The molecule has 1 atom stereocenters. The lowest BCUT2D eigenvalue weighted by atomic mass is 9.76. The van der Waals surface area contributed by atoms with Crippen molar-refractivity contribution in [1.29, 1.82) is 0 Å². The number of amides is 1. The first-order chi connectivity index (χ1) is 9.36. The maximum Gasteiger partial charge on any atom is 0.311 e. The van der Waals surface area contributed by atoms with Gasteiger partial charge in [-0.2, -0.15) is 0 Å². The fourth-order valence-electron chi connectivity index (χ4n) is 2.69. The van der Waals surface area contributed by atoms with Gasteiger partial charge in [-0.3, -0.25) is 9.59 Å². The molecule has 1 aliphatic rings. The summed E-state index contributed by atoms with van der Waals surface area (Å²) in [5.74, 6) is -0.954. The Morgan fingerprint density at radius 3 is 2.30 bits per heavy atom. The van der Waals surface area contributed by atoms with E-state index in [0.717, 1.165) is 0 Å². The molecule has 2 N–H and O–H groups in total. The van der Waals surface area contributed by atoms with E-state index in [1.54, 1.807) is 17.0 Å². The summed E-state index contributed by atoms with van der Waals surface area (Å²) in [5.41, 5.74) is -0.389. The number of rotatable bonds is 3. The Hall–Kier alpha value is -2.04. The van der Waals surface area contributed by atoms with E-state index in [2.05, 4.69) is 0 Å².